The van der Waals surface area contributed by atoms with Gasteiger partial charge in [-0.05, 0) is 48.4 Å². The van der Waals surface area contributed by atoms with Crippen LogP contribution in [0.1, 0.15) is 10.6 Å². The van der Waals surface area contributed by atoms with Crippen LogP contribution in [0.15, 0.2) is 72.5 Å². The van der Waals surface area contributed by atoms with Crippen LogP contribution in [0.2, 0.25) is 0 Å². The van der Waals surface area contributed by atoms with Crippen molar-refractivity contribution in [1.82, 2.24) is 15.0 Å². The molecule has 0 amide bonds. The highest BCUT2D eigenvalue weighted by molar-refractivity contribution is 7.09. The molecule has 0 fully saturated rings. The summed E-state index contributed by atoms with van der Waals surface area (Å²) in [7, 11) is 1.60. The van der Waals surface area contributed by atoms with Gasteiger partial charge in [0.15, 0.2) is 0 Å². The van der Waals surface area contributed by atoms with Gasteiger partial charge in [-0.15, -0.1) is 11.3 Å². The minimum Gasteiger partial charge on any atom is -0.481 e. The van der Waals surface area contributed by atoms with Crippen molar-refractivity contribution < 1.29 is 9.47 Å². The largest absolute Gasteiger partial charge is 0.481 e. The molecular weight excluding hydrogens is 370 g/mol. The Kier molecular flexibility index (Phi) is 5.58. The molecule has 4 rings (SSSR count). The molecule has 0 saturated carbocycles. The van der Waals surface area contributed by atoms with Crippen LogP contribution in [-0.2, 0) is 12.8 Å². The summed E-state index contributed by atoms with van der Waals surface area (Å²) in [6, 6.07) is 15.7. The van der Waals surface area contributed by atoms with E-state index in [1.54, 1.807) is 30.8 Å². The summed E-state index contributed by atoms with van der Waals surface area (Å²) in [4.78, 5) is 13.0. The zero-order chi connectivity index (χ0) is 19.2. The van der Waals surface area contributed by atoms with Gasteiger partial charge < -0.3 is 9.47 Å². The van der Waals surface area contributed by atoms with Crippen LogP contribution < -0.4 is 9.47 Å². The second-order valence-corrected chi connectivity index (χ2v) is 7.07. The monoisotopic (exact) mass is 389 g/mol. The molecular formula is C22H19N3O2S. The lowest BCUT2D eigenvalue weighted by Gasteiger charge is -2.12. The topological polar surface area (TPSA) is 57.1 Å². The maximum Gasteiger partial charge on any atom is 0.227 e. The molecule has 0 atom stereocenters. The minimum atomic E-state index is 0.518. The van der Waals surface area contributed by atoms with Crippen LogP contribution in [-0.4, -0.2) is 22.1 Å². The third-order valence-electron chi connectivity index (χ3n) is 4.27. The zero-order valence-electron chi connectivity index (χ0n) is 15.4. The molecule has 0 N–H and O–H groups in total. The lowest BCUT2D eigenvalue weighted by Crippen LogP contribution is -1.95. The van der Waals surface area contributed by atoms with Crippen LogP contribution in [0, 0.1) is 0 Å². The average Bonchev–Trinajstić information content (AvgIpc) is 3.27. The number of pyridine rings is 2. The molecule has 0 aliphatic carbocycles. The molecule has 4 aromatic rings. The van der Waals surface area contributed by atoms with Crippen molar-refractivity contribution >= 4 is 11.3 Å². The first-order valence-electron chi connectivity index (χ1n) is 8.93. The fraction of sp³-hybridized carbons (Fsp3) is 0.136. The van der Waals surface area contributed by atoms with E-state index in [4.69, 9.17) is 9.47 Å². The number of thiazole rings is 1. The summed E-state index contributed by atoms with van der Waals surface area (Å²) in [5, 5.41) is 3.16. The van der Waals surface area contributed by atoms with E-state index in [-0.39, 0.29) is 0 Å². The highest BCUT2D eigenvalue weighted by atomic mass is 32.1. The maximum absolute atomic E-state index is 6.06. The highest BCUT2D eigenvalue weighted by Gasteiger charge is 2.13. The summed E-state index contributed by atoms with van der Waals surface area (Å²) >= 11 is 1.69. The number of benzene rings is 1. The van der Waals surface area contributed by atoms with Gasteiger partial charge in [0.1, 0.15) is 5.75 Å². The van der Waals surface area contributed by atoms with E-state index in [2.05, 4.69) is 27.1 Å². The van der Waals surface area contributed by atoms with E-state index < -0.39 is 0 Å². The van der Waals surface area contributed by atoms with Crippen molar-refractivity contribution in [2.24, 2.45) is 0 Å². The van der Waals surface area contributed by atoms with Crippen LogP contribution in [0.5, 0.6) is 17.5 Å². The molecule has 1 aromatic carbocycles. The molecule has 0 aliphatic rings. The third kappa shape index (κ3) is 4.18. The SMILES string of the molecule is COc1ncccc1-c1cccnc1Oc1ccc(CCc2nccs2)cc1. The fourth-order valence-corrected chi connectivity index (χ4v) is 3.52. The van der Waals surface area contributed by atoms with Crippen LogP contribution in [0.4, 0.5) is 0 Å². The molecule has 0 aliphatic heterocycles. The van der Waals surface area contributed by atoms with Crippen molar-refractivity contribution in [1.29, 1.82) is 0 Å². The summed E-state index contributed by atoms with van der Waals surface area (Å²) in [5.74, 6) is 1.79. The Bertz CT molecular complexity index is 1030. The number of hydrogen-bond acceptors (Lipinski definition) is 6. The number of aryl methyl sites for hydroxylation is 2. The molecule has 0 unspecified atom stereocenters. The molecule has 140 valence electrons. The van der Waals surface area contributed by atoms with Gasteiger partial charge >= 0.3 is 0 Å². The molecule has 0 saturated heterocycles. The number of nitrogens with zero attached hydrogens (tertiary/aromatic N) is 3. The van der Waals surface area contributed by atoms with Crippen LogP contribution in [0.3, 0.4) is 0 Å². The lowest BCUT2D eigenvalue weighted by molar-refractivity contribution is 0.399. The Morgan fingerprint density at radius 2 is 1.50 bits per heavy atom. The van der Waals surface area contributed by atoms with E-state index in [0.29, 0.717) is 11.8 Å². The lowest BCUT2D eigenvalue weighted by atomic mass is 10.1. The molecule has 3 heterocycles. The first-order chi connectivity index (χ1) is 13.8. The molecule has 0 bridgehead atoms. The second kappa shape index (κ2) is 8.63. The summed E-state index contributed by atoms with van der Waals surface area (Å²) < 4.78 is 11.4. The average molecular weight is 389 g/mol. The van der Waals surface area contributed by atoms with E-state index in [1.165, 1.54) is 5.56 Å². The first-order valence-corrected chi connectivity index (χ1v) is 9.81. The Morgan fingerprint density at radius 3 is 2.18 bits per heavy atom. The van der Waals surface area contributed by atoms with Gasteiger partial charge in [-0.3, -0.25) is 0 Å². The fourth-order valence-electron chi connectivity index (χ4n) is 2.90. The first kappa shape index (κ1) is 18.1. The third-order valence-corrected chi connectivity index (χ3v) is 5.11. The summed E-state index contributed by atoms with van der Waals surface area (Å²) in [5.41, 5.74) is 2.92. The number of aromatic nitrogens is 3. The van der Waals surface area contributed by atoms with E-state index in [9.17, 15) is 0 Å². The predicted molar refractivity (Wildman–Crippen MR) is 110 cm³/mol. The molecule has 28 heavy (non-hydrogen) atoms. The smallest absolute Gasteiger partial charge is 0.227 e. The van der Waals surface area contributed by atoms with Gasteiger partial charge in [-0.2, -0.15) is 0 Å². The van der Waals surface area contributed by atoms with E-state index >= 15 is 0 Å². The summed E-state index contributed by atoms with van der Waals surface area (Å²) in [6.07, 6.45) is 7.16. The Hall–Kier alpha value is -3.25. The second-order valence-electron chi connectivity index (χ2n) is 6.09. The Morgan fingerprint density at radius 1 is 0.786 bits per heavy atom. The normalized spacial score (nSPS) is 10.6. The maximum atomic E-state index is 6.06. The Balaban J connectivity index is 1.52. The molecule has 0 radical (unpaired) electrons. The molecule has 6 heteroatoms. The molecule has 0 spiro atoms. The summed E-state index contributed by atoms with van der Waals surface area (Å²) in [6.45, 7) is 0. The van der Waals surface area contributed by atoms with Gasteiger partial charge in [0, 0.05) is 41.5 Å². The van der Waals surface area contributed by atoms with Gasteiger partial charge in [-0.25, -0.2) is 15.0 Å². The van der Waals surface area contributed by atoms with Crippen LogP contribution >= 0.6 is 11.3 Å². The Labute approximate surface area is 167 Å². The standard InChI is InChI=1S/C22H19N3O2S/c1-26-21-18(4-2-12-24-21)19-5-3-13-25-22(19)27-17-9-6-16(7-10-17)8-11-20-23-14-15-28-20/h2-7,9-10,12-15H,8,11H2,1H3. The van der Waals surface area contributed by atoms with Crippen molar-refractivity contribution in [2.45, 2.75) is 12.8 Å². The van der Waals surface area contributed by atoms with E-state index in [1.807, 2.05) is 48.0 Å². The van der Waals surface area contributed by atoms with Crippen molar-refractivity contribution in [3.8, 4) is 28.6 Å². The van der Waals surface area contributed by atoms with Crippen molar-refractivity contribution in [2.75, 3.05) is 7.11 Å². The minimum absolute atomic E-state index is 0.518. The van der Waals surface area contributed by atoms with Crippen LogP contribution in [0.25, 0.3) is 11.1 Å². The molecule has 3 aromatic heterocycles. The van der Waals surface area contributed by atoms with E-state index in [0.717, 1.165) is 34.7 Å². The highest BCUT2D eigenvalue weighted by Crippen LogP contribution is 2.35. The molecule has 5 nitrogen and oxygen atoms in total. The number of ether oxygens (including phenoxy) is 2. The van der Waals surface area contributed by atoms with Gasteiger partial charge in [-0.1, -0.05) is 12.1 Å². The zero-order valence-corrected chi connectivity index (χ0v) is 16.2. The number of methoxy groups -OCH3 is 1. The van der Waals surface area contributed by atoms with Gasteiger partial charge in [0.05, 0.1) is 12.1 Å². The van der Waals surface area contributed by atoms with Gasteiger partial charge in [0.2, 0.25) is 11.8 Å². The quantitative estimate of drug-likeness (QED) is 0.435. The van der Waals surface area contributed by atoms with Gasteiger partial charge in [0.25, 0.3) is 0 Å². The number of rotatable bonds is 7. The number of hydrogen-bond donors (Lipinski definition) is 0. The predicted octanol–water partition coefficient (Wildman–Crippen LogP) is 5.19. The van der Waals surface area contributed by atoms with Crippen molar-refractivity contribution in [3.05, 3.63) is 83.1 Å². The van der Waals surface area contributed by atoms with Crippen molar-refractivity contribution in [3.63, 3.8) is 0 Å².